The lowest BCUT2D eigenvalue weighted by Gasteiger charge is -2.34. The molecular weight excluding hydrogens is 467 g/mol. The van der Waals surface area contributed by atoms with Crippen molar-refractivity contribution >= 4 is 39.9 Å². The van der Waals surface area contributed by atoms with E-state index in [2.05, 4.69) is 15.6 Å². The Morgan fingerprint density at radius 1 is 1.06 bits per heavy atom. The molecule has 0 aliphatic rings. The van der Waals surface area contributed by atoms with Crippen LogP contribution in [0.4, 0.5) is 15.2 Å². The quantitative estimate of drug-likeness (QED) is 0.459. The van der Waals surface area contributed by atoms with E-state index in [1.54, 1.807) is 29.8 Å². The number of thiazole rings is 1. The third-order valence-electron chi connectivity index (χ3n) is 5.02. The molecule has 3 amide bonds. The monoisotopic (exact) mass is 496 g/mol. The number of anilines is 2. The van der Waals surface area contributed by atoms with Crippen LogP contribution in [0.1, 0.15) is 50.8 Å². The minimum atomic E-state index is -1.14. The van der Waals surface area contributed by atoms with E-state index in [1.165, 1.54) is 29.5 Å². The number of benzene rings is 2. The molecule has 3 rings (SSSR count). The Balaban J connectivity index is 1.97. The van der Waals surface area contributed by atoms with Gasteiger partial charge in [-0.1, -0.05) is 42.0 Å². The Kier molecular flexibility index (Phi) is 8.34. The predicted molar refractivity (Wildman–Crippen MR) is 136 cm³/mol. The fraction of sp³-hybridized carbons (Fsp3) is 0.308. The number of hydrogen-bond acceptors (Lipinski definition) is 5. The van der Waals surface area contributed by atoms with Crippen molar-refractivity contribution in [3.63, 3.8) is 0 Å². The van der Waals surface area contributed by atoms with E-state index in [-0.39, 0.29) is 18.5 Å². The van der Waals surface area contributed by atoms with Gasteiger partial charge in [-0.2, -0.15) is 0 Å². The molecule has 9 heteroatoms. The van der Waals surface area contributed by atoms with Gasteiger partial charge < -0.3 is 10.6 Å². The molecule has 0 fully saturated rings. The molecule has 184 valence electrons. The first kappa shape index (κ1) is 26.0. The summed E-state index contributed by atoms with van der Waals surface area (Å²) in [5.74, 6) is -2.05. The van der Waals surface area contributed by atoms with Gasteiger partial charge in [0.1, 0.15) is 11.9 Å². The summed E-state index contributed by atoms with van der Waals surface area (Å²) < 4.78 is 15.0. The zero-order chi connectivity index (χ0) is 25.6. The summed E-state index contributed by atoms with van der Waals surface area (Å²) in [4.78, 5) is 44.6. The van der Waals surface area contributed by atoms with E-state index in [1.807, 2.05) is 39.8 Å². The highest BCUT2D eigenvalue weighted by molar-refractivity contribution is 7.13. The van der Waals surface area contributed by atoms with Gasteiger partial charge in [-0.15, -0.1) is 11.3 Å². The van der Waals surface area contributed by atoms with Gasteiger partial charge in [0.15, 0.2) is 5.13 Å². The molecule has 3 aromatic rings. The summed E-state index contributed by atoms with van der Waals surface area (Å²) in [5, 5.41) is 7.69. The molecule has 0 spiro atoms. The topological polar surface area (TPSA) is 91.4 Å². The molecule has 0 aliphatic carbocycles. The molecule has 0 saturated carbocycles. The second-order valence-corrected chi connectivity index (χ2v) is 10.0. The number of amides is 3. The Bertz CT molecular complexity index is 1170. The number of hydrogen-bond donors (Lipinski definition) is 2. The van der Waals surface area contributed by atoms with E-state index in [9.17, 15) is 18.8 Å². The third kappa shape index (κ3) is 7.19. The molecule has 7 nitrogen and oxygen atoms in total. The number of aromatic nitrogens is 1. The van der Waals surface area contributed by atoms with Crippen molar-refractivity contribution < 1.29 is 18.8 Å². The summed E-state index contributed by atoms with van der Waals surface area (Å²) >= 11 is 1.26. The standard InChI is InChI=1S/C26H29FN4O3S/c1-17-9-11-18(12-10-17)23(24(34)30-26(2,3)4)31(20-8-6-5-7-19(20)27)22(33)14-13-21(32)29-25-28-15-16-35-25/h5-12,15-16,23H,13-14H2,1-4H3,(H,30,34)(H,28,29,32)/t23-/m1/s1. The summed E-state index contributed by atoms with van der Waals surface area (Å²) in [6.45, 7) is 7.40. The molecule has 2 aromatic carbocycles. The zero-order valence-corrected chi connectivity index (χ0v) is 21.0. The smallest absolute Gasteiger partial charge is 0.248 e. The van der Waals surface area contributed by atoms with E-state index in [0.717, 1.165) is 10.5 Å². The normalized spacial score (nSPS) is 12.0. The molecule has 1 aromatic heterocycles. The van der Waals surface area contributed by atoms with Crippen molar-refractivity contribution in [2.24, 2.45) is 0 Å². The average molecular weight is 497 g/mol. The molecule has 35 heavy (non-hydrogen) atoms. The van der Waals surface area contributed by atoms with Gasteiger partial charge in [0, 0.05) is 30.0 Å². The highest BCUT2D eigenvalue weighted by atomic mass is 32.1. The maximum absolute atomic E-state index is 15.0. The summed E-state index contributed by atoms with van der Waals surface area (Å²) in [7, 11) is 0. The van der Waals surface area contributed by atoms with Crippen molar-refractivity contribution in [2.75, 3.05) is 10.2 Å². The third-order valence-corrected chi connectivity index (χ3v) is 5.71. The number of carbonyl (C=O) groups is 3. The van der Waals surface area contributed by atoms with Crippen LogP contribution < -0.4 is 15.5 Å². The number of nitrogens with zero attached hydrogens (tertiary/aromatic N) is 2. The van der Waals surface area contributed by atoms with Crippen LogP contribution in [-0.4, -0.2) is 28.2 Å². The van der Waals surface area contributed by atoms with Crippen molar-refractivity contribution in [3.8, 4) is 0 Å². The molecule has 0 unspecified atom stereocenters. The van der Waals surface area contributed by atoms with Gasteiger partial charge in [0.05, 0.1) is 5.69 Å². The fourth-order valence-electron chi connectivity index (χ4n) is 3.48. The number of aryl methyl sites for hydroxylation is 1. The van der Waals surface area contributed by atoms with E-state index < -0.39 is 35.1 Å². The number of para-hydroxylation sites is 1. The minimum absolute atomic E-state index is 0.0348. The highest BCUT2D eigenvalue weighted by Gasteiger charge is 2.35. The lowest BCUT2D eigenvalue weighted by atomic mass is 9.99. The number of nitrogens with one attached hydrogen (secondary N) is 2. The van der Waals surface area contributed by atoms with Gasteiger partial charge in [0.25, 0.3) is 0 Å². The second kappa shape index (κ2) is 11.2. The first-order valence-electron chi connectivity index (χ1n) is 11.2. The Morgan fingerprint density at radius 2 is 1.74 bits per heavy atom. The lowest BCUT2D eigenvalue weighted by Crippen LogP contribution is -2.49. The van der Waals surface area contributed by atoms with Crippen molar-refractivity contribution in [3.05, 3.63) is 77.1 Å². The molecule has 0 aliphatic heterocycles. The average Bonchev–Trinajstić information content (AvgIpc) is 3.29. The van der Waals surface area contributed by atoms with Crippen LogP contribution in [0.5, 0.6) is 0 Å². The van der Waals surface area contributed by atoms with E-state index in [0.29, 0.717) is 10.7 Å². The van der Waals surface area contributed by atoms with Crippen molar-refractivity contribution in [1.29, 1.82) is 0 Å². The number of carbonyl (C=O) groups excluding carboxylic acids is 3. The van der Waals surface area contributed by atoms with Crippen molar-refractivity contribution in [2.45, 2.75) is 52.1 Å². The number of rotatable bonds is 8. The lowest BCUT2D eigenvalue weighted by molar-refractivity contribution is -0.128. The molecule has 2 N–H and O–H groups in total. The van der Waals surface area contributed by atoms with Crippen LogP contribution in [0.2, 0.25) is 0 Å². The van der Waals surface area contributed by atoms with Crippen LogP contribution in [0.3, 0.4) is 0 Å². The Morgan fingerprint density at radius 3 is 2.34 bits per heavy atom. The second-order valence-electron chi connectivity index (χ2n) is 9.15. The largest absolute Gasteiger partial charge is 0.349 e. The van der Waals surface area contributed by atoms with Crippen LogP contribution >= 0.6 is 11.3 Å². The van der Waals surface area contributed by atoms with Crippen LogP contribution in [-0.2, 0) is 14.4 Å². The van der Waals surface area contributed by atoms with Crippen LogP contribution in [0.25, 0.3) is 0 Å². The molecular formula is C26H29FN4O3S. The van der Waals surface area contributed by atoms with Gasteiger partial charge in [-0.05, 0) is 45.4 Å². The van der Waals surface area contributed by atoms with E-state index in [4.69, 9.17) is 0 Å². The van der Waals surface area contributed by atoms with Gasteiger partial charge >= 0.3 is 0 Å². The van der Waals surface area contributed by atoms with Gasteiger partial charge in [-0.25, -0.2) is 9.37 Å². The Hall–Kier alpha value is -3.59. The van der Waals surface area contributed by atoms with Gasteiger partial charge in [0.2, 0.25) is 17.7 Å². The number of halogens is 1. The maximum atomic E-state index is 15.0. The zero-order valence-electron chi connectivity index (χ0n) is 20.2. The first-order valence-corrected chi connectivity index (χ1v) is 12.1. The fourth-order valence-corrected chi connectivity index (χ4v) is 4.02. The molecule has 1 heterocycles. The molecule has 0 saturated heterocycles. The SMILES string of the molecule is Cc1ccc([C@H](C(=O)NC(C)(C)C)N(C(=O)CCC(=O)Nc2nccs2)c2ccccc2F)cc1. The molecule has 0 bridgehead atoms. The summed E-state index contributed by atoms with van der Waals surface area (Å²) in [6, 6.07) is 11.8. The van der Waals surface area contributed by atoms with Crippen molar-refractivity contribution in [1.82, 2.24) is 10.3 Å². The molecule has 0 radical (unpaired) electrons. The van der Waals surface area contributed by atoms with Crippen LogP contribution in [0, 0.1) is 12.7 Å². The predicted octanol–water partition coefficient (Wildman–Crippen LogP) is 5.00. The summed E-state index contributed by atoms with van der Waals surface area (Å²) in [5.41, 5.74) is 0.886. The highest BCUT2D eigenvalue weighted by Crippen LogP contribution is 2.31. The van der Waals surface area contributed by atoms with Gasteiger partial charge in [-0.3, -0.25) is 19.3 Å². The molecule has 1 atom stereocenters. The first-order chi connectivity index (χ1) is 16.5. The van der Waals surface area contributed by atoms with Crippen LogP contribution in [0.15, 0.2) is 60.1 Å². The van der Waals surface area contributed by atoms with E-state index >= 15 is 0 Å². The maximum Gasteiger partial charge on any atom is 0.248 e. The summed E-state index contributed by atoms with van der Waals surface area (Å²) in [6.07, 6.45) is 1.19. The Labute approximate surface area is 208 Å². The minimum Gasteiger partial charge on any atom is -0.349 e.